The zero-order valence-corrected chi connectivity index (χ0v) is 10.4. The van der Waals surface area contributed by atoms with Crippen molar-refractivity contribution < 1.29 is 4.74 Å². The van der Waals surface area contributed by atoms with Gasteiger partial charge in [-0.1, -0.05) is 6.07 Å². The summed E-state index contributed by atoms with van der Waals surface area (Å²) in [7, 11) is 0. The third-order valence-corrected chi connectivity index (χ3v) is 3.73. The molecule has 0 spiro atoms. The molecule has 3 rings (SSSR count). The van der Waals surface area contributed by atoms with Crippen molar-refractivity contribution in [1.82, 2.24) is 0 Å². The first-order chi connectivity index (χ1) is 8.34. The van der Waals surface area contributed by atoms with Crippen LogP contribution in [0.15, 0.2) is 18.2 Å². The van der Waals surface area contributed by atoms with Gasteiger partial charge in [0.2, 0.25) is 0 Å². The van der Waals surface area contributed by atoms with Crippen LogP contribution >= 0.6 is 0 Å². The Morgan fingerprint density at radius 3 is 3.24 bits per heavy atom. The minimum Gasteiger partial charge on any atom is -0.385 e. The fourth-order valence-corrected chi connectivity index (χ4v) is 2.74. The Morgan fingerprint density at radius 1 is 1.41 bits per heavy atom. The molecule has 3 heteroatoms. The number of fused-ring (bicyclic) bond motifs is 1. The number of benzene rings is 1. The summed E-state index contributed by atoms with van der Waals surface area (Å²) >= 11 is 0. The highest BCUT2D eigenvalue weighted by atomic mass is 16.5. The molecule has 1 aromatic rings. The summed E-state index contributed by atoms with van der Waals surface area (Å²) in [5.41, 5.74) is 4.11. The van der Waals surface area contributed by atoms with Crippen LogP contribution in [0.3, 0.4) is 0 Å². The Bertz CT molecular complexity index is 405. The largest absolute Gasteiger partial charge is 0.385 e. The third-order valence-electron chi connectivity index (χ3n) is 3.73. The quantitative estimate of drug-likeness (QED) is 0.804. The van der Waals surface area contributed by atoms with Gasteiger partial charge in [0.1, 0.15) is 0 Å². The van der Waals surface area contributed by atoms with Crippen molar-refractivity contribution in [2.75, 3.05) is 36.5 Å². The SMILES string of the molecule is CC1COCCN1c1ccc2c(c1)NCCC2. The van der Waals surface area contributed by atoms with E-state index < -0.39 is 0 Å². The highest BCUT2D eigenvalue weighted by Gasteiger charge is 2.20. The van der Waals surface area contributed by atoms with Gasteiger partial charge in [-0.2, -0.15) is 0 Å². The lowest BCUT2D eigenvalue weighted by molar-refractivity contribution is 0.0989. The second kappa shape index (κ2) is 4.57. The molecule has 1 unspecified atom stereocenters. The average Bonchev–Trinajstić information content (AvgIpc) is 2.39. The lowest BCUT2D eigenvalue weighted by Crippen LogP contribution is -2.43. The molecular weight excluding hydrogens is 212 g/mol. The van der Waals surface area contributed by atoms with E-state index in [0.717, 1.165) is 26.3 Å². The van der Waals surface area contributed by atoms with Crippen molar-refractivity contribution in [2.45, 2.75) is 25.8 Å². The van der Waals surface area contributed by atoms with Crippen LogP contribution in [0.25, 0.3) is 0 Å². The molecule has 1 atom stereocenters. The number of nitrogens with one attached hydrogen (secondary N) is 1. The fourth-order valence-electron chi connectivity index (χ4n) is 2.74. The predicted molar refractivity (Wildman–Crippen MR) is 70.9 cm³/mol. The van der Waals surface area contributed by atoms with Crippen LogP contribution in [0, 0.1) is 0 Å². The maximum absolute atomic E-state index is 5.49. The van der Waals surface area contributed by atoms with E-state index in [1.165, 1.54) is 29.8 Å². The van der Waals surface area contributed by atoms with E-state index in [1.807, 2.05) is 0 Å². The van der Waals surface area contributed by atoms with Crippen LogP contribution in [0.4, 0.5) is 11.4 Å². The van der Waals surface area contributed by atoms with Gasteiger partial charge in [0.05, 0.1) is 13.2 Å². The normalized spacial score (nSPS) is 24.1. The summed E-state index contributed by atoms with van der Waals surface area (Å²) in [5.74, 6) is 0. The van der Waals surface area contributed by atoms with Crippen LogP contribution in [-0.4, -0.2) is 32.3 Å². The molecular formula is C14H20N2O. The molecule has 1 fully saturated rings. The molecule has 2 aliphatic heterocycles. The van der Waals surface area contributed by atoms with E-state index in [2.05, 4.69) is 35.3 Å². The number of morpholine rings is 1. The molecule has 3 nitrogen and oxygen atoms in total. The summed E-state index contributed by atoms with van der Waals surface area (Å²) in [6.45, 7) is 6.01. The lowest BCUT2D eigenvalue weighted by atomic mass is 10.0. The standard InChI is InChI=1S/C14H20N2O/c1-11-10-17-8-7-16(11)13-5-4-12-3-2-6-15-14(12)9-13/h4-5,9,11,15H,2-3,6-8,10H2,1H3. The Morgan fingerprint density at radius 2 is 2.35 bits per heavy atom. The minimum atomic E-state index is 0.477. The van der Waals surface area contributed by atoms with Crippen molar-refractivity contribution >= 4 is 11.4 Å². The van der Waals surface area contributed by atoms with E-state index in [4.69, 9.17) is 4.74 Å². The van der Waals surface area contributed by atoms with E-state index in [-0.39, 0.29) is 0 Å². The van der Waals surface area contributed by atoms with Gasteiger partial charge in [-0.15, -0.1) is 0 Å². The number of hydrogen-bond donors (Lipinski definition) is 1. The summed E-state index contributed by atoms with van der Waals surface area (Å²) in [6.07, 6.45) is 2.46. The second-order valence-electron chi connectivity index (χ2n) is 4.99. The van der Waals surface area contributed by atoms with Crippen LogP contribution in [0.2, 0.25) is 0 Å². The van der Waals surface area contributed by atoms with Gasteiger partial charge in [0.15, 0.2) is 0 Å². The van der Waals surface area contributed by atoms with Crippen molar-refractivity contribution in [3.8, 4) is 0 Å². The van der Waals surface area contributed by atoms with Gasteiger partial charge in [-0.05, 0) is 37.5 Å². The molecule has 0 aromatic heterocycles. The van der Waals surface area contributed by atoms with E-state index in [1.54, 1.807) is 0 Å². The van der Waals surface area contributed by atoms with Gasteiger partial charge in [0.25, 0.3) is 0 Å². The molecule has 2 aliphatic rings. The highest BCUT2D eigenvalue weighted by molar-refractivity contribution is 5.63. The molecule has 2 heterocycles. The van der Waals surface area contributed by atoms with Gasteiger partial charge < -0.3 is 15.0 Å². The molecule has 0 saturated carbocycles. The van der Waals surface area contributed by atoms with Gasteiger partial charge >= 0.3 is 0 Å². The van der Waals surface area contributed by atoms with E-state index in [0.29, 0.717) is 6.04 Å². The summed E-state index contributed by atoms with van der Waals surface area (Å²) in [4.78, 5) is 2.44. The third kappa shape index (κ3) is 2.12. The Hall–Kier alpha value is -1.22. The van der Waals surface area contributed by atoms with Crippen LogP contribution < -0.4 is 10.2 Å². The second-order valence-corrected chi connectivity index (χ2v) is 4.99. The molecule has 1 N–H and O–H groups in total. The summed E-state index contributed by atoms with van der Waals surface area (Å²) in [5, 5.41) is 3.50. The van der Waals surface area contributed by atoms with Gasteiger partial charge in [0, 0.05) is 30.5 Å². The van der Waals surface area contributed by atoms with Crippen molar-refractivity contribution in [1.29, 1.82) is 0 Å². The number of aryl methyl sites for hydroxylation is 1. The van der Waals surface area contributed by atoms with E-state index >= 15 is 0 Å². The average molecular weight is 232 g/mol. The van der Waals surface area contributed by atoms with Crippen molar-refractivity contribution in [3.63, 3.8) is 0 Å². The first-order valence-corrected chi connectivity index (χ1v) is 6.56. The van der Waals surface area contributed by atoms with Gasteiger partial charge in [-0.3, -0.25) is 0 Å². The first-order valence-electron chi connectivity index (χ1n) is 6.56. The van der Waals surface area contributed by atoms with Gasteiger partial charge in [-0.25, -0.2) is 0 Å². The van der Waals surface area contributed by atoms with Crippen LogP contribution in [0.5, 0.6) is 0 Å². The van der Waals surface area contributed by atoms with Crippen LogP contribution in [-0.2, 0) is 11.2 Å². The molecule has 1 aromatic carbocycles. The number of nitrogens with zero attached hydrogens (tertiary/aromatic N) is 1. The molecule has 17 heavy (non-hydrogen) atoms. The number of anilines is 2. The highest BCUT2D eigenvalue weighted by Crippen LogP contribution is 2.29. The zero-order valence-electron chi connectivity index (χ0n) is 10.4. The number of hydrogen-bond acceptors (Lipinski definition) is 3. The van der Waals surface area contributed by atoms with Crippen LogP contribution in [0.1, 0.15) is 18.9 Å². The summed E-state index contributed by atoms with van der Waals surface area (Å²) in [6, 6.07) is 7.31. The summed E-state index contributed by atoms with van der Waals surface area (Å²) < 4.78 is 5.49. The predicted octanol–water partition coefficient (Wildman–Crippen LogP) is 2.27. The Labute approximate surface area is 103 Å². The molecule has 0 aliphatic carbocycles. The maximum Gasteiger partial charge on any atom is 0.0668 e. The molecule has 92 valence electrons. The first kappa shape index (κ1) is 10.9. The molecule has 1 saturated heterocycles. The number of ether oxygens (including phenoxy) is 1. The molecule has 0 bridgehead atoms. The Balaban J connectivity index is 1.87. The smallest absolute Gasteiger partial charge is 0.0668 e. The zero-order chi connectivity index (χ0) is 11.7. The minimum absolute atomic E-state index is 0.477. The Kier molecular flexibility index (Phi) is 2.93. The molecule has 0 amide bonds. The van der Waals surface area contributed by atoms with E-state index in [9.17, 15) is 0 Å². The topological polar surface area (TPSA) is 24.5 Å². The number of rotatable bonds is 1. The van der Waals surface area contributed by atoms with Crippen molar-refractivity contribution in [3.05, 3.63) is 23.8 Å². The van der Waals surface area contributed by atoms with Crippen molar-refractivity contribution in [2.24, 2.45) is 0 Å². The monoisotopic (exact) mass is 232 g/mol. The fraction of sp³-hybridized carbons (Fsp3) is 0.571. The maximum atomic E-state index is 5.49. The molecule has 0 radical (unpaired) electrons. The lowest BCUT2D eigenvalue weighted by Gasteiger charge is -2.36.